The number of rotatable bonds is 3. The van der Waals surface area contributed by atoms with Crippen LogP contribution in [0.4, 0.5) is 15.8 Å². The number of nitrogens with zero attached hydrogens (tertiary/aromatic N) is 2. The third-order valence-electron chi connectivity index (χ3n) is 3.20. The molecular weight excluding hydrogens is 255 g/mol. The van der Waals surface area contributed by atoms with Crippen LogP contribution in [-0.4, -0.2) is 12.2 Å². The Hall–Kier alpha value is -2.38. The molecule has 0 fully saturated rings. The van der Waals surface area contributed by atoms with Crippen molar-refractivity contribution >= 4 is 11.4 Å². The molecule has 3 nitrogen and oxygen atoms in total. The van der Waals surface area contributed by atoms with E-state index in [9.17, 15) is 9.50 Å². The summed E-state index contributed by atoms with van der Waals surface area (Å²) in [7, 11) is 1.75. The standard InChI is InChI=1S/C16H15FN2O/c1-11(20)13-5-8-16(15(17)9-13)19(2)14-6-3-12(10-18)4-7-14/h3-9,11,20H,1-2H3/t11-/m1/s1. The molecule has 0 amide bonds. The Balaban J connectivity index is 2.33. The molecule has 1 atom stereocenters. The van der Waals surface area contributed by atoms with Crippen LogP contribution >= 0.6 is 0 Å². The summed E-state index contributed by atoms with van der Waals surface area (Å²) in [4.78, 5) is 1.70. The second-order valence-corrected chi connectivity index (χ2v) is 4.60. The van der Waals surface area contributed by atoms with E-state index in [1.807, 2.05) is 6.07 Å². The van der Waals surface area contributed by atoms with Crippen molar-refractivity contribution in [3.8, 4) is 6.07 Å². The molecule has 0 aliphatic heterocycles. The van der Waals surface area contributed by atoms with Gasteiger partial charge in [0.1, 0.15) is 5.82 Å². The molecule has 0 radical (unpaired) electrons. The first kappa shape index (κ1) is 14.0. The van der Waals surface area contributed by atoms with E-state index in [-0.39, 0.29) is 0 Å². The Morgan fingerprint density at radius 2 is 1.85 bits per heavy atom. The summed E-state index contributed by atoms with van der Waals surface area (Å²) in [5.41, 5.74) is 2.30. The molecule has 102 valence electrons. The third kappa shape index (κ3) is 2.79. The van der Waals surface area contributed by atoms with Crippen LogP contribution in [0.5, 0.6) is 0 Å². The first-order valence-corrected chi connectivity index (χ1v) is 6.24. The number of aliphatic hydroxyl groups excluding tert-OH is 1. The van der Waals surface area contributed by atoms with Gasteiger partial charge in [-0.3, -0.25) is 0 Å². The van der Waals surface area contributed by atoms with Crippen LogP contribution in [-0.2, 0) is 0 Å². The maximum absolute atomic E-state index is 14.1. The summed E-state index contributed by atoms with van der Waals surface area (Å²) < 4.78 is 14.1. The predicted molar refractivity (Wildman–Crippen MR) is 76.3 cm³/mol. The topological polar surface area (TPSA) is 47.3 Å². The highest BCUT2D eigenvalue weighted by Gasteiger charge is 2.12. The molecule has 0 aliphatic carbocycles. The van der Waals surface area contributed by atoms with Crippen molar-refractivity contribution in [3.05, 3.63) is 59.4 Å². The average Bonchev–Trinajstić information content (AvgIpc) is 2.46. The van der Waals surface area contributed by atoms with E-state index in [1.165, 1.54) is 6.07 Å². The van der Waals surface area contributed by atoms with Crippen molar-refractivity contribution < 1.29 is 9.50 Å². The second-order valence-electron chi connectivity index (χ2n) is 4.60. The lowest BCUT2D eigenvalue weighted by atomic mass is 10.1. The Bertz CT molecular complexity index is 645. The van der Waals surface area contributed by atoms with Gasteiger partial charge in [-0.25, -0.2) is 4.39 Å². The van der Waals surface area contributed by atoms with Crippen molar-refractivity contribution in [3.63, 3.8) is 0 Å². The van der Waals surface area contributed by atoms with Gasteiger partial charge >= 0.3 is 0 Å². The summed E-state index contributed by atoms with van der Waals surface area (Å²) in [5.74, 6) is -0.393. The SMILES string of the molecule is C[C@@H](O)c1ccc(N(C)c2ccc(C#N)cc2)c(F)c1. The zero-order valence-corrected chi connectivity index (χ0v) is 11.3. The molecule has 0 spiro atoms. The quantitative estimate of drug-likeness (QED) is 0.928. The highest BCUT2D eigenvalue weighted by atomic mass is 19.1. The largest absolute Gasteiger partial charge is 0.389 e. The van der Waals surface area contributed by atoms with Crippen molar-refractivity contribution in [2.45, 2.75) is 13.0 Å². The highest BCUT2D eigenvalue weighted by molar-refractivity contribution is 5.64. The van der Waals surface area contributed by atoms with Crippen LogP contribution in [0.3, 0.4) is 0 Å². The van der Waals surface area contributed by atoms with Crippen LogP contribution < -0.4 is 4.90 Å². The molecule has 0 saturated carbocycles. The van der Waals surface area contributed by atoms with Crippen LogP contribution in [0.1, 0.15) is 24.2 Å². The molecule has 1 N–H and O–H groups in total. The van der Waals surface area contributed by atoms with Gasteiger partial charge in [-0.1, -0.05) is 6.07 Å². The number of hydrogen-bond acceptors (Lipinski definition) is 3. The first-order valence-electron chi connectivity index (χ1n) is 6.24. The summed E-state index contributed by atoms with van der Waals surface area (Å²) in [6, 6.07) is 13.6. The number of nitriles is 1. The molecule has 0 unspecified atom stereocenters. The van der Waals surface area contributed by atoms with E-state index in [4.69, 9.17) is 5.26 Å². The Morgan fingerprint density at radius 3 is 2.35 bits per heavy atom. The number of benzene rings is 2. The first-order chi connectivity index (χ1) is 9.52. The molecule has 2 aromatic rings. The molecule has 2 aromatic carbocycles. The third-order valence-corrected chi connectivity index (χ3v) is 3.20. The monoisotopic (exact) mass is 270 g/mol. The maximum Gasteiger partial charge on any atom is 0.147 e. The van der Waals surface area contributed by atoms with Gasteiger partial charge in [0.15, 0.2) is 0 Å². The predicted octanol–water partition coefficient (Wildman–Crippen LogP) is 3.52. The van der Waals surface area contributed by atoms with E-state index >= 15 is 0 Å². The zero-order valence-electron chi connectivity index (χ0n) is 11.3. The van der Waals surface area contributed by atoms with E-state index < -0.39 is 11.9 Å². The van der Waals surface area contributed by atoms with Gasteiger partial charge in [0.25, 0.3) is 0 Å². The molecule has 0 heterocycles. The van der Waals surface area contributed by atoms with E-state index in [2.05, 4.69) is 0 Å². The van der Waals surface area contributed by atoms with Gasteiger partial charge in [0.2, 0.25) is 0 Å². The number of halogens is 1. The Labute approximate surface area is 117 Å². The van der Waals surface area contributed by atoms with Gasteiger partial charge < -0.3 is 10.0 Å². The van der Waals surface area contributed by atoms with Gasteiger partial charge in [0, 0.05) is 12.7 Å². The van der Waals surface area contributed by atoms with Gasteiger partial charge in [-0.2, -0.15) is 5.26 Å². The maximum atomic E-state index is 14.1. The van der Waals surface area contributed by atoms with Crippen molar-refractivity contribution in [1.82, 2.24) is 0 Å². The molecule has 20 heavy (non-hydrogen) atoms. The number of anilines is 2. The minimum Gasteiger partial charge on any atom is -0.389 e. The zero-order chi connectivity index (χ0) is 14.7. The van der Waals surface area contributed by atoms with E-state index in [0.29, 0.717) is 16.8 Å². The van der Waals surface area contributed by atoms with Crippen LogP contribution in [0, 0.1) is 17.1 Å². The minimum atomic E-state index is -0.696. The fourth-order valence-corrected chi connectivity index (χ4v) is 1.95. The highest BCUT2D eigenvalue weighted by Crippen LogP contribution is 2.28. The van der Waals surface area contributed by atoms with E-state index in [0.717, 1.165) is 5.69 Å². The molecule has 0 aliphatic rings. The smallest absolute Gasteiger partial charge is 0.147 e. The summed E-state index contributed by atoms with van der Waals surface area (Å²) >= 11 is 0. The lowest BCUT2D eigenvalue weighted by Gasteiger charge is -2.21. The van der Waals surface area contributed by atoms with Crippen LogP contribution in [0.25, 0.3) is 0 Å². The van der Waals surface area contributed by atoms with Crippen molar-refractivity contribution in [2.24, 2.45) is 0 Å². The molecule has 2 rings (SSSR count). The van der Waals surface area contributed by atoms with Crippen molar-refractivity contribution in [1.29, 1.82) is 5.26 Å². The van der Waals surface area contributed by atoms with Gasteiger partial charge in [-0.05, 0) is 48.9 Å². The molecule has 0 bridgehead atoms. The molecular formula is C16H15FN2O. The molecule has 0 saturated heterocycles. The number of hydrogen-bond donors (Lipinski definition) is 1. The normalized spacial score (nSPS) is 11.8. The van der Waals surface area contributed by atoms with Gasteiger partial charge in [-0.15, -0.1) is 0 Å². The van der Waals surface area contributed by atoms with Gasteiger partial charge in [0.05, 0.1) is 23.4 Å². The van der Waals surface area contributed by atoms with E-state index in [1.54, 1.807) is 55.3 Å². The average molecular weight is 270 g/mol. The summed E-state index contributed by atoms with van der Waals surface area (Å²) in [5, 5.41) is 18.2. The fourth-order valence-electron chi connectivity index (χ4n) is 1.95. The fraction of sp³-hybridized carbons (Fsp3) is 0.188. The van der Waals surface area contributed by atoms with Crippen molar-refractivity contribution in [2.75, 3.05) is 11.9 Å². The Kier molecular flexibility index (Phi) is 4.02. The lowest BCUT2D eigenvalue weighted by molar-refractivity contribution is 0.199. The van der Waals surface area contributed by atoms with Crippen LogP contribution in [0.2, 0.25) is 0 Å². The molecule has 0 aromatic heterocycles. The minimum absolute atomic E-state index is 0.393. The summed E-state index contributed by atoms with van der Waals surface area (Å²) in [6.45, 7) is 1.60. The second kappa shape index (κ2) is 5.72. The van der Waals surface area contributed by atoms with Crippen LogP contribution in [0.15, 0.2) is 42.5 Å². The number of aliphatic hydroxyl groups is 1. The summed E-state index contributed by atoms with van der Waals surface area (Å²) in [6.07, 6.45) is -0.696. The lowest BCUT2D eigenvalue weighted by Crippen LogP contribution is -2.11. The molecule has 4 heteroatoms. The Morgan fingerprint density at radius 1 is 1.20 bits per heavy atom.